The van der Waals surface area contributed by atoms with Gasteiger partial charge in [-0.2, -0.15) is 4.98 Å². The first-order valence-electron chi connectivity index (χ1n) is 11.9. The number of nitrogens with one attached hydrogen (secondary N) is 1. The Hall–Kier alpha value is -2.92. The zero-order chi connectivity index (χ0) is 25.7. The monoisotopic (exact) mass is 600 g/mol. The third-order valence-corrected chi connectivity index (χ3v) is 7.93. The number of rotatable bonds is 4. The molecule has 4 heterocycles. The summed E-state index contributed by atoms with van der Waals surface area (Å²) in [4.78, 5) is 35.4. The van der Waals surface area contributed by atoms with E-state index in [1.165, 1.54) is 4.90 Å². The van der Waals surface area contributed by atoms with Gasteiger partial charge in [0.15, 0.2) is 5.82 Å². The number of likely N-dealkylation sites (N-methyl/N-ethyl adjacent to an activating group) is 1. The van der Waals surface area contributed by atoms with E-state index in [1.54, 1.807) is 12.3 Å². The van der Waals surface area contributed by atoms with Gasteiger partial charge in [-0.3, -0.25) is 14.7 Å². The molecule has 9 nitrogen and oxygen atoms in total. The van der Waals surface area contributed by atoms with Crippen molar-refractivity contribution in [2.75, 3.05) is 66.3 Å². The number of nitrogens with zero attached hydrogens (tertiary/aromatic N) is 7. The lowest BCUT2D eigenvalue weighted by Crippen LogP contribution is -2.51. The number of para-hydroxylation sites is 1. The first-order chi connectivity index (χ1) is 17.9. The number of piperazine rings is 1. The van der Waals surface area contributed by atoms with Crippen LogP contribution in [0.15, 0.2) is 52.1 Å². The molecule has 0 spiro atoms. The van der Waals surface area contributed by atoms with E-state index in [-0.39, 0.29) is 5.91 Å². The smallest absolute Gasteiger partial charge is 0.270 e. The first kappa shape index (κ1) is 24.4. The molecule has 190 valence electrons. The number of carbonyl (C=O) groups excluding carboxylic acids is 1. The van der Waals surface area contributed by atoms with Gasteiger partial charge >= 0.3 is 0 Å². The maximum atomic E-state index is 13.6. The van der Waals surface area contributed by atoms with E-state index < -0.39 is 0 Å². The normalized spacial score (nSPS) is 17.6. The quantitative estimate of drug-likeness (QED) is 0.457. The predicted molar refractivity (Wildman–Crippen MR) is 152 cm³/mol. The summed E-state index contributed by atoms with van der Waals surface area (Å²) in [5, 5.41) is 4.34. The Morgan fingerprint density at radius 1 is 1.03 bits per heavy atom. The van der Waals surface area contributed by atoms with Gasteiger partial charge in [-0.25, -0.2) is 9.88 Å². The van der Waals surface area contributed by atoms with Gasteiger partial charge in [-0.05, 0) is 53.3 Å². The molecule has 0 atom stereocenters. The van der Waals surface area contributed by atoms with Crippen LogP contribution in [0.3, 0.4) is 0 Å². The molecule has 3 aliphatic heterocycles. The summed E-state index contributed by atoms with van der Waals surface area (Å²) in [6.07, 6.45) is 1.54. The van der Waals surface area contributed by atoms with Gasteiger partial charge in [0.25, 0.3) is 5.91 Å². The lowest BCUT2D eigenvalue weighted by molar-refractivity contribution is 0.0999. The zero-order valence-electron chi connectivity index (χ0n) is 20.0. The highest BCUT2D eigenvalue weighted by atomic mass is 79.9. The molecule has 12 heteroatoms. The predicted octanol–water partition coefficient (Wildman–Crippen LogP) is 4.88. The fourth-order valence-electron chi connectivity index (χ4n) is 4.75. The number of anilines is 5. The number of aliphatic imine (C=N–C) groups is 1. The largest absolute Gasteiger partial charge is 0.368 e. The highest BCUT2D eigenvalue weighted by molar-refractivity contribution is 9.10. The minimum absolute atomic E-state index is 0.285. The van der Waals surface area contributed by atoms with E-state index in [0.717, 1.165) is 37.6 Å². The number of halogens is 3. The number of hydrogen-bond acceptors (Lipinski definition) is 8. The van der Waals surface area contributed by atoms with Gasteiger partial charge in [0.05, 0.1) is 28.0 Å². The van der Waals surface area contributed by atoms with Gasteiger partial charge in [-0.15, -0.1) is 0 Å². The van der Waals surface area contributed by atoms with Crippen LogP contribution in [-0.4, -0.2) is 73.1 Å². The van der Waals surface area contributed by atoms with Crippen LogP contribution in [0.5, 0.6) is 0 Å². The molecule has 0 aliphatic carbocycles. The topological polar surface area (TPSA) is 80.2 Å². The van der Waals surface area contributed by atoms with Crippen molar-refractivity contribution in [2.24, 2.45) is 4.99 Å². The van der Waals surface area contributed by atoms with E-state index in [4.69, 9.17) is 28.2 Å². The van der Waals surface area contributed by atoms with Gasteiger partial charge in [0, 0.05) is 49.1 Å². The SMILES string of the molecule is CN1CCN(c2ccc(Nc3ncc4c(n3)N3CCN=C3N(c3c(Cl)cccc3Br)C4=O)cc2Cl)CC1. The van der Waals surface area contributed by atoms with Crippen LogP contribution in [0.4, 0.5) is 28.8 Å². The molecule has 3 aromatic rings. The summed E-state index contributed by atoms with van der Waals surface area (Å²) in [5.74, 6) is 1.09. The Balaban J connectivity index is 1.29. The molecule has 1 N–H and O–H groups in total. The third-order valence-electron chi connectivity index (χ3n) is 6.69. The van der Waals surface area contributed by atoms with Crippen molar-refractivity contribution in [3.8, 4) is 0 Å². The Morgan fingerprint density at radius 3 is 2.59 bits per heavy atom. The molecule has 2 aromatic carbocycles. The summed E-state index contributed by atoms with van der Waals surface area (Å²) >= 11 is 16.7. The van der Waals surface area contributed by atoms with Gasteiger partial charge in [0.1, 0.15) is 5.56 Å². The second kappa shape index (κ2) is 9.75. The lowest BCUT2D eigenvalue weighted by Gasteiger charge is -2.35. The number of amides is 1. The molecule has 0 saturated carbocycles. The average molecular weight is 602 g/mol. The average Bonchev–Trinajstić information content (AvgIpc) is 3.36. The Bertz CT molecular complexity index is 1410. The lowest BCUT2D eigenvalue weighted by atomic mass is 10.1. The Kier molecular flexibility index (Phi) is 6.44. The molecular formula is C25H23BrCl2N8O. The number of guanidine groups is 1. The molecule has 1 amide bonds. The Morgan fingerprint density at radius 2 is 1.84 bits per heavy atom. The minimum Gasteiger partial charge on any atom is -0.368 e. The summed E-state index contributed by atoms with van der Waals surface area (Å²) in [6, 6.07) is 11.3. The van der Waals surface area contributed by atoms with Crippen LogP contribution in [0, 0.1) is 0 Å². The molecule has 37 heavy (non-hydrogen) atoms. The summed E-state index contributed by atoms with van der Waals surface area (Å²) in [6.45, 7) is 5.02. The summed E-state index contributed by atoms with van der Waals surface area (Å²) in [5.41, 5.74) is 2.70. The number of fused-ring (bicyclic) bond motifs is 3. The van der Waals surface area contributed by atoms with E-state index in [1.807, 2.05) is 35.2 Å². The van der Waals surface area contributed by atoms with Crippen molar-refractivity contribution in [1.29, 1.82) is 0 Å². The molecule has 1 fully saturated rings. The van der Waals surface area contributed by atoms with Crippen LogP contribution in [-0.2, 0) is 0 Å². The molecular weight excluding hydrogens is 579 g/mol. The van der Waals surface area contributed by atoms with Gasteiger partial charge in [-0.1, -0.05) is 29.3 Å². The van der Waals surface area contributed by atoms with Crippen LogP contribution < -0.4 is 20.0 Å². The van der Waals surface area contributed by atoms with Crippen molar-refractivity contribution < 1.29 is 4.79 Å². The Labute approximate surface area is 232 Å². The first-order valence-corrected chi connectivity index (χ1v) is 13.4. The number of aromatic nitrogens is 2. The molecule has 1 saturated heterocycles. The summed E-state index contributed by atoms with van der Waals surface area (Å²) in [7, 11) is 2.13. The van der Waals surface area contributed by atoms with Crippen molar-refractivity contribution in [2.45, 2.75) is 0 Å². The van der Waals surface area contributed by atoms with Crippen LogP contribution in [0.1, 0.15) is 10.4 Å². The number of carbonyl (C=O) groups is 1. The maximum Gasteiger partial charge on any atom is 0.270 e. The number of benzene rings is 2. The second-order valence-corrected chi connectivity index (χ2v) is 10.7. The fraction of sp³-hybridized carbons (Fsp3) is 0.280. The van der Waals surface area contributed by atoms with E-state index in [9.17, 15) is 4.79 Å². The van der Waals surface area contributed by atoms with Gasteiger partial charge < -0.3 is 15.1 Å². The standard InChI is InChI=1S/C25H23BrCl2N8O/c1-33-9-11-34(12-10-33)20-6-5-15(13-19(20)28)31-24-30-14-16-22(32-24)35-8-7-29-25(35)36(23(16)37)21-17(26)3-2-4-18(21)27/h2-6,13-14H,7-12H2,1H3,(H,30,31,32). The van der Waals surface area contributed by atoms with E-state index in [0.29, 0.717) is 56.6 Å². The molecule has 0 bridgehead atoms. The van der Waals surface area contributed by atoms with E-state index >= 15 is 0 Å². The highest BCUT2D eigenvalue weighted by Gasteiger charge is 2.41. The van der Waals surface area contributed by atoms with Gasteiger partial charge in [0.2, 0.25) is 11.9 Å². The molecule has 0 unspecified atom stereocenters. The van der Waals surface area contributed by atoms with Crippen LogP contribution in [0.2, 0.25) is 10.0 Å². The van der Waals surface area contributed by atoms with E-state index in [2.05, 4.69) is 48.1 Å². The van der Waals surface area contributed by atoms with Crippen LogP contribution >= 0.6 is 39.1 Å². The molecule has 1 aromatic heterocycles. The van der Waals surface area contributed by atoms with Crippen molar-refractivity contribution in [3.63, 3.8) is 0 Å². The van der Waals surface area contributed by atoms with Crippen molar-refractivity contribution in [3.05, 3.63) is 62.7 Å². The molecule has 6 rings (SSSR count). The van der Waals surface area contributed by atoms with Crippen LogP contribution in [0.25, 0.3) is 0 Å². The fourth-order valence-corrected chi connectivity index (χ4v) is 5.97. The third kappa shape index (κ3) is 4.41. The maximum absolute atomic E-state index is 13.6. The van der Waals surface area contributed by atoms with Crippen molar-refractivity contribution in [1.82, 2.24) is 14.9 Å². The second-order valence-electron chi connectivity index (χ2n) is 9.06. The number of hydrogen-bond donors (Lipinski definition) is 1. The summed E-state index contributed by atoms with van der Waals surface area (Å²) < 4.78 is 0.697. The molecule has 3 aliphatic rings. The zero-order valence-corrected chi connectivity index (χ0v) is 23.1. The minimum atomic E-state index is -0.285. The molecule has 0 radical (unpaired) electrons. The van der Waals surface area contributed by atoms with Crippen molar-refractivity contribution >= 4 is 79.8 Å². The highest BCUT2D eigenvalue weighted by Crippen LogP contribution is 2.40.